The standard InChI is InChI=1S/C14H11BrN2O/c15-12-4-1-11(2-5-12)3-6-14(18)17-13-7-9-16-10-8-13/h1-10H,(H,16,17,18)/p+1. The van der Waals surface area contributed by atoms with Gasteiger partial charge in [0.25, 0.3) is 0 Å². The Kier molecular flexibility index (Phi) is 4.25. The third-order valence-corrected chi connectivity index (χ3v) is 2.81. The maximum atomic E-state index is 11.6. The van der Waals surface area contributed by atoms with Crippen molar-refractivity contribution in [2.24, 2.45) is 0 Å². The second-order valence-electron chi connectivity index (χ2n) is 3.66. The molecule has 0 spiro atoms. The molecule has 90 valence electrons. The van der Waals surface area contributed by atoms with Crippen molar-refractivity contribution in [1.29, 1.82) is 0 Å². The van der Waals surface area contributed by atoms with Crippen LogP contribution in [0.25, 0.3) is 6.08 Å². The molecule has 18 heavy (non-hydrogen) atoms. The number of anilines is 1. The predicted molar refractivity (Wildman–Crippen MR) is 74.8 cm³/mol. The van der Waals surface area contributed by atoms with Crippen LogP contribution in [0.3, 0.4) is 0 Å². The van der Waals surface area contributed by atoms with Crippen LogP contribution in [0, 0.1) is 0 Å². The molecule has 2 N–H and O–H groups in total. The Morgan fingerprint density at radius 2 is 1.78 bits per heavy atom. The number of halogens is 1. The zero-order valence-electron chi connectivity index (χ0n) is 9.56. The summed E-state index contributed by atoms with van der Waals surface area (Å²) < 4.78 is 1.02. The Morgan fingerprint density at radius 1 is 1.11 bits per heavy atom. The summed E-state index contributed by atoms with van der Waals surface area (Å²) in [7, 11) is 0. The fourth-order valence-corrected chi connectivity index (χ4v) is 1.66. The van der Waals surface area contributed by atoms with Crippen molar-refractivity contribution in [2.45, 2.75) is 0 Å². The van der Waals surface area contributed by atoms with Crippen molar-refractivity contribution in [2.75, 3.05) is 5.32 Å². The van der Waals surface area contributed by atoms with Gasteiger partial charge in [-0.05, 0) is 23.8 Å². The molecule has 0 radical (unpaired) electrons. The van der Waals surface area contributed by atoms with Gasteiger partial charge >= 0.3 is 0 Å². The number of hydrogen-bond donors (Lipinski definition) is 1. The van der Waals surface area contributed by atoms with E-state index in [9.17, 15) is 4.79 Å². The van der Waals surface area contributed by atoms with Crippen molar-refractivity contribution >= 4 is 33.6 Å². The molecule has 1 heterocycles. The average molecular weight is 304 g/mol. The maximum Gasteiger partial charge on any atom is 0.248 e. The molecule has 1 amide bonds. The summed E-state index contributed by atoms with van der Waals surface area (Å²) in [6.07, 6.45) is 6.80. The molecule has 0 unspecified atom stereocenters. The number of H-pyrrole nitrogens is 1. The quantitative estimate of drug-likeness (QED) is 0.871. The molecule has 0 aliphatic carbocycles. The SMILES string of the molecule is O=C(C=Cc1ccc(Br)cc1)Nc1cc[nH+]cc1. The summed E-state index contributed by atoms with van der Waals surface area (Å²) in [4.78, 5) is 14.5. The first-order valence-corrected chi connectivity index (χ1v) is 6.24. The number of aromatic nitrogens is 1. The highest BCUT2D eigenvalue weighted by molar-refractivity contribution is 9.10. The smallest absolute Gasteiger partial charge is 0.248 e. The van der Waals surface area contributed by atoms with Crippen LogP contribution in [0.5, 0.6) is 0 Å². The third kappa shape index (κ3) is 3.82. The van der Waals surface area contributed by atoms with E-state index in [1.165, 1.54) is 6.08 Å². The Morgan fingerprint density at radius 3 is 2.44 bits per heavy atom. The Bertz CT molecular complexity index is 550. The van der Waals surface area contributed by atoms with E-state index in [-0.39, 0.29) is 5.91 Å². The van der Waals surface area contributed by atoms with E-state index in [0.29, 0.717) is 0 Å². The minimum Gasteiger partial charge on any atom is -0.322 e. The molecule has 1 aromatic carbocycles. The van der Waals surface area contributed by atoms with Crippen LogP contribution in [0.15, 0.2) is 59.3 Å². The zero-order chi connectivity index (χ0) is 12.8. The van der Waals surface area contributed by atoms with Crippen LogP contribution in [0.1, 0.15) is 5.56 Å². The molecule has 0 aliphatic heterocycles. The fraction of sp³-hybridized carbons (Fsp3) is 0. The number of benzene rings is 1. The molecule has 3 nitrogen and oxygen atoms in total. The first-order valence-electron chi connectivity index (χ1n) is 5.45. The highest BCUT2D eigenvalue weighted by atomic mass is 79.9. The number of hydrogen-bond acceptors (Lipinski definition) is 1. The zero-order valence-corrected chi connectivity index (χ0v) is 11.1. The highest BCUT2D eigenvalue weighted by Crippen LogP contribution is 2.11. The van der Waals surface area contributed by atoms with Gasteiger partial charge in [0.15, 0.2) is 12.4 Å². The average Bonchev–Trinajstić information content (AvgIpc) is 2.39. The molecule has 2 aromatic rings. The first kappa shape index (κ1) is 12.5. The van der Waals surface area contributed by atoms with Gasteiger partial charge in [0, 0.05) is 22.7 Å². The molecule has 4 heteroatoms. The molecule has 0 aliphatic rings. The minimum atomic E-state index is -0.149. The summed E-state index contributed by atoms with van der Waals surface area (Å²) in [6.45, 7) is 0. The Balaban J connectivity index is 1.97. The molecule has 0 atom stereocenters. The summed E-state index contributed by atoms with van der Waals surface area (Å²) in [6, 6.07) is 11.3. The summed E-state index contributed by atoms with van der Waals surface area (Å²) >= 11 is 3.36. The van der Waals surface area contributed by atoms with Crippen molar-refractivity contribution < 1.29 is 9.78 Å². The number of carbonyl (C=O) groups is 1. The number of pyridine rings is 1. The number of amides is 1. The molecule has 0 bridgehead atoms. The van der Waals surface area contributed by atoms with Crippen LogP contribution in [0.4, 0.5) is 5.69 Å². The minimum absolute atomic E-state index is 0.149. The van der Waals surface area contributed by atoms with Gasteiger partial charge in [-0.3, -0.25) is 4.79 Å². The molecule has 0 saturated heterocycles. The molecule has 2 rings (SSSR count). The topological polar surface area (TPSA) is 43.2 Å². The van der Waals surface area contributed by atoms with E-state index in [1.807, 2.05) is 24.3 Å². The van der Waals surface area contributed by atoms with Gasteiger partial charge in [0.1, 0.15) is 0 Å². The third-order valence-electron chi connectivity index (χ3n) is 2.28. The summed E-state index contributed by atoms with van der Waals surface area (Å²) in [5, 5.41) is 2.77. The van der Waals surface area contributed by atoms with E-state index in [4.69, 9.17) is 0 Å². The lowest BCUT2D eigenvalue weighted by molar-refractivity contribution is -0.377. The van der Waals surface area contributed by atoms with Gasteiger partial charge in [0.2, 0.25) is 5.91 Å². The molecular weight excluding hydrogens is 292 g/mol. The lowest BCUT2D eigenvalue weighted by Crippen LogP contribution is -2.09. The second kappa shape index (κ2) is 6.12. The van der Waals surface area contributed by atoms with E-state index >= 15 is 0 Å². The molecule has 1 aromatic heterocycles. The molecular formula is C14H12BrN2O+. The first-order chi connectivity index (χ1) is 8.74. The maximum absolute atomic E-state index is 11.6. The van der Waals surface area contributed by atoms with E-state index in [0.717, 1.165) is 15.7 Å². The van der Waals surface area contributed by atoms with E-state index < -0.39 is 0 Å². The van der Waals surface area contributed by atoms with Crippen LogP contribution in [-0.2, 0) is 4.79 Å². The largest absolute Gasteiger partial charge is 0.322 e. The van der Waals surface area contributed by atoms with Crippen molar-refractivity contribution in [1.82, 2.24) is 0 Å². The number of carbonyl (C=O) groups excluding carboxylic acids is 1. The Hall–Kier alpha value is -1.94. The van der Waals surface area contributed by atoms with E-state index in [1.54, 1.807) is 30.6 Å². The van der Waals surface area contributed by atoms with Crippen LogP contribution in [-0.4, -0.2) is 5.91 Å². The van der Waals surface area contributed by atoms with Crippen LogP contribution < -0.4 is 10.3 Å². The van der Waals surface area contributed by atoms with Gasteiger partial charge in [-0.1, -0.05) is 28.1 Å². The molecule has 0 saturated carbocycles. The number of rotatable bonds is 3. The van der Waals surface area contributed by atoms with Crippen molar-refractivity contribution in [3.8, 4) is 0 Å². The fourth-order valence-electron chi connectivity index (χ4n) is 1.40. The summed E-state index contributed by atoms with van der Waals surface area (Å²) in [5.74, 6) is -0.149. The van der Waals surface area contributed by atoms with Gasteiger partial charge in [0.05, 0.1) is 5.69 Å². The monoisotopic (exact) mass is 303 g/mol. The highest BCUT2D eigenvalue weighted by Gasteiger charge is 1.97. The van der Waals surface area contributed by atoms with Gasteiger partial charge < -0.3 is 5.32 Å². The normalized spacial score (nSPS) is 10.5. The lowest BCUT2D eigenvalue weighted by atomic mass is 10.2. The predicted octanol–water partition coefficient (Wildman–Crippen LogP) is 2.92. The second-order valence-corrected chi connectivity index (χ2v) is 4.58. The number of nitrogens with one attached hydrogen (secondary N) is 2. The van der Waals surface area contributed by atoms with Gasteiger partial charge in [-0.25, -0.2) is 4.98 Å². The Labute approximate surface area is 114 Å². The van der Waals surface area contributed by atoms with Gasteiger partial charge in [-0.2, -0.15) is 0 Å². The number of aromatic amines is 1. The summed E-state index contributed by atoms with van der Waals surface area (Å²) in [5.41, 5.74) is 1.74. The molecule has 0 fully saturated rings. The van der Waals surface area contributed by atoms with Crippen LogP contribution >= 0.6 is 15.9 Å². The lowest BCUT2D eigenvalue weighted by Gasteiger charge is -1.99. The van der Waals surface area contributed by atoms with Crippen molar-refractivity contribution in [3.05, 3.63) is 64.9 Å². The van der Waals surface area contributed by atoms with E-state index in [2.05, 4.69) is 26.2 Å². The van der Waals surface area contributed by atoms with Crippen LogP contribution in [0.2, 0.25) is 0 Å². The van der Waals surface area contributed by atoms with Gasteiger partial charge in [-0.15, -0.1) is 0 Å². The van der Waals surface area contributed by atoms with Crippen molar-refractivity contribution in [3.63, 3.8) is 0 Å².